The van der Waals surface area contributed by atoms with E-state index in [0.717, 1.165) is 68.7 Å². The van der Waals surface area contributed by atoms with E-state index in [1.54, 1.807) is 38.2 Å². The zero-order valence-electron chi connectivity index (χ0n) is 35.6. The van der Waals surface area contributed by atoms with Gasteiger partial charge >= 0.3 is 0 Å². The molecule has 0 spiro atoms. The number of likely N-dealkylation sites (tertiary alicyclic amines) is 2. The van der Waals surface area contributed by atoms with E-state index in [1.807, 2.05) is 4.90 Å². The first-order chi connectivity index (χ1) is 28.7. The smallest absolute Gasteiger partial charge is 0.246 e. The van der Waals surface area contributed by atoms with Gasteiger partial charge in [0.1, 0.15) is 12.1 Å². The molecule has 5 aliphatic rings. The van der Waals surface area contributed by atoms with E-state index in [4.69, 9.17) is 42.1 Å². The van der Waals surface area contributed by atoms with Gasteiger partial charge in [0.05, 0.1) is 41.0 Å². The van der Waals surface area contributed by atoms with Crippen molar-refractivity contribution in [3.8, 4) is 23.0 Å². The summed E-state index contributed by atoms with van der Waals surface area (Å²) in [6, 6.07) is 7.37. The first-order valence-electron chi connectivity index (χ1n) is 21.7. The van der Waals surface area contributed by atoms with Crippen LogP contribution in [0.5, 0.6) is 23.0 Å². The number of hydrogen-bond donors (Lipinski definition) is 0. The van der Waals surface area contributed by atoms with Gasteiger partial charge < -0.3 is 33.6 Å². The second-order valence-electron chi connectivity index (χ2n) is 16.9. The van der Waals surface area contributed by atoms with Crippen molar-refractivity contribution in [2.24, 2.45) is 11.8 Å². The highest BCUT2D eigenvalue weighted by Gasteiger charge is 2.47. The Kier molecular flexibility index (Phi) is 14.4. The number of alkyl halides is 2. The second-order valence-corrected chi connectivity index (χ2v) is 17.6. The fourth-order valence-electron chi connectivity index (χ4n) is 10.9. The summed E-state index contributed by atoms with van der Waals surface area (Å²) in [5.41, 5.74) is 4.88. The molecule has 2 aromatic carbocycles. The highest BCUT2D eigenvalue weighted by molar-refractivity contribution is 6.18. The predicted molar refractivity (Wildman–Crippen MR) is 229 cm³/mol. The highest BCUT2D eigenvalue weighted by Crippen LogP contribution is 2.49. The number of amides is 3. The Bertz CT molecular complexity index is 1830. The van der Waals surface area contributed by atoms with Crippen molar-refractivity contribution in [1.82, 2.24) is 24.5 Å². The molecule has 0 N–H and O–H groups in total. The second kappa shape index (κ2) is 19.5. The molecule has 14 heteroatoms. The number of rotatable bonds is 15. The lowest BCUT2D eigenvalue weighted by Gasteiger charge is -2.49. The lowest BCUT2D eigenvalue weighted by molar-refractivity contribution is -0.150. The average Bonchev–Trinajstić information content (AvgIpc) is 3.96. The van der Waals surface area contributed by atoms with E-state index in [0.29, 0.717) is 87.1 Å². The Morgan fingerprint density at radius 2 is 1.24 bits per heavy atom. The van der Waals surface area contributed by atoms with Crippen molar-refractivity contribution < 1.29 is 33.3 Å². The summed E-state index contributed by atoms with van der Waals surface area (Å²) in [6.45, 7) is 7.13. The van der Waals surface area contributed by atoms with Crippen LogP contribution in [0.4, 0.5) is 0 Å². The number of piperidine rings is 1. The molecule has 0 saturated carbocycles. The Labute approximate surface area is 360 Å². The van der Waals surface area contributed by atoms with Gasteiger partial charge in [0.15, 0.2) is 23.0 Å². The molecule has 59 heavy (non-hydrogen) atoms. The van der Waals surface area contributed by atoms with E-state index in [2.05, 4.69) is 41.0 Å². The van der Waals surface area contributed by atoms with E-state index < -0.39 is 12.1 Å². The molecule has 3 saturated heterocycles. The maximum Gasteiger partial charge on any atom is 0.246 e. The molecule has 324 valence electrons. The number of methoxy groups -OCH3 is 4. The van der Waals surface area contributed by atoms with Crippen LogP contribution in [0.25, 0.3) is 0 Å². The normalized spacial score (nSPS) is 25.4. The van der Waals surface area contributed by atoms with Crippen molar-refractivity contribution >= 4 is 40.9 Å². The van der Waals surface area contributed by atoms with Gasteiger partial charge in [0, 0.05) is 63.6 Å². The van der Waals surface area contributed by atoms with Crippen LogP contribution in [0.15, 0.2) is 24.3 Å². The molecule has 3 amide bonds. The first kappa shape index (κ1) is 43.6. The van der Waals surface area contributed by atoms with Gasteiger partial charge in [0.25, 0.3) is 0 Å². The van der Waals surface area contributed by atoms with Gasteiger partial charge in [-0.15, -0.1) is 23.2 Å². The largest absolute Gasteiger partial charge is 0.493 e. The molecule has 6 unspecified atom stereocenters. The van der Waals surface area contributed by atoms with E-state index in [9.17, 15) is 9.59 Å². The van der Waals surface area contributed by atoms with Crippen LogP contribution in [0, 0.1) is 11.8 Å². The summed E-state index contributed by atoms with van der Waals surface area (Å²) < 4.78 is 23.1. The molecular weight excluding hydrogens is 793 g/mol. The average molecular weight is 857 g/mol. The third-order valence-corrected chi connectivity index (χ3v) is 14.3. The lowest BCUT2D eigenvalue weighted by Crippen LogP contribution is -2.55. The zero-order valence-corrected chi connectivity index (χ0v) is 37.1. The Morgan fingerprint density at radius 3 is 1.85 bits per heavy atom. The standard InChI is InChI=1S/C45H63Cl2N5O7/c1-6-29-27-49-17-11-30-23-39(56-2)41(58-4)25-33(30)37(49)21-32(29)22-38-34-26-42(59-5)40(57-3)24-31(34)12-18-52(38)45(55)36-10-8-16-51(36)44(54)35-9-7-15-50(35)43(53)28-48(19-13-46)20-14-47/h23-26,29,32,35-38H,6-22,27-28H2,1-5H3. The minimum atomic E-state index is -0.579. The topological polar surface area (TPSA) is 104 Å². The first-order valence-corrected chi connectivity index (χ1v) is 22.7. The highest BCUT2D eigenvalue weighted by atomic mass is 35.5. The van der Waals surface area contributed by atoms with Crippen molar-refractivity contribution in [2.75, 3.05) is 92.6 Å². The number of carbonyl (C=O) groups is 3. The number of benzene rings is 2. The molecule has 12 nitrogen and oxygen atoms in total. The van der Waals surface area contributed by atoms with E-state index in [1.165, 1.54) is 16.7 Å². The quantitative estimate of drug-likeness (QED) is 0.202. The fourth-order valence-corrected chi connectivity index (χ4v) is 11.3. The molecule has 0 aliphatic carbocycles. The lowest BCUT2D eigenvalue weighted by atomic mass is 9.72. The van der Waals surface area contributed by atoms with Gasteiger partial charge in [-0.25, -0.2) is 0 Å². The zero-order chi connectivity index (χ0) is 41.8. The monoisotopic (exact) mass is 855 g/mol. The maximum atomic E-state index is 15.2. The maximum absolute atomic E-state index is 15.2. The third-order valence-electron chi connectivity index (χ3n) is 14.0. The van der Waals surface area contributed by atoms with Crippen LogP contribution in [-0.4, -0.2) is 147 Å². The van der Waals surface area contributed by atoms with Crippen molar-refractivity contribution in [1.29, 1.82) is 0 Å². The third kappa shape index (κ3) is 8.84. The van der Waals surface area contributed by atoms with Crippen molar-refractivity contribution in [3.05, 3.63) is 46.5 Å². The van der Waals surface area contributed by atoms with Crippen molar-refractivity contribution in [2.45, 2.75) is 88.9 Å². The van der Waals surface area contributed by atoms with Gasteiger partial charge in [-0.3, -0.25) is 24.2 Å². The Balaban J connectivity index is 1.17. The van der Waals surface area contributed by atoms with Crippen LogP contribution in [-0.2, 0) is 27.2 Å². The summed E-state index contributed by atoms with van der Waals surface area (Å²) in [4.78, 5) is 53.5. The summed E-state index contributed by atoms with van der Waals surface area (Å²) >= 11 is 12.0. The minimum absolute atomic E-state index is 0.00196. The molecule has 0 bridgehead atoms. The molecule has 2 aromatic rings. The Hall–Kier alpha value is -3.45. The molecule has 5 heterocycles. The predicted octanol–water partition coefficient (Wildman–Crippen LogP) is 5.94. The fraction of sp³-hybridized carbons (Fsp3) is 0.667. The summed E-state index contributed by atoms with van der Waals surface area (Å²) in [5.74, 6) is 4.21. The van der Waals surface area contributed by atoms with Crippen LogP contribution < -0.4 is 18.9 Å². The molecule has 0 radical (unpaired) electrons. The van der Waals surface area contributed by atoms with E-state index >= 15 is 4.79 Å². The molecule has 7 rings (SSSR count). The summed E-state index contributed by atoms with van der Waals surface area (Å²) in [5, 5.41) is 0. The van der Waals surface area contributed by atoms with Gasteiger partial charge in [-0.05, 0) is 110 Å². The van der Waals surface area contributed by atoms with Crippen LogP contribution in [0.1, 0.15) is 86.2 Å². The number of nitrogens with zero attached hydrogens (tertiary/aromatic N) is 5. The number of ether oxygens (including phenoxy) is 4. The molecule has 5 aliphatic heterocycles. The Morgan fingerprint density at radius 1 is 0.695 bits per heavy atom. The molecule has 6 atom stereocenters. The van der Waals surface area contributed by atoms with Crippen molar-refractivity contribution in [3.63, 3.8) is 0 Å². The van der Waals surface area contributed by atoms with Crippen LogP contribution >= 0.6 is 23.2 Å². The van der Waals surface area contributed by atoms with Gasteiger partial charge in [0.2, 0.25) is 17.7 Å². The number of hydrogen-bond acceptors (Lipinski definition) is 9. The molecular formula is C45H63Cl2N5O7. The minimum Gasteiger partial charge on any atom is -0.493 e. The van der Waals surface area contributed by atoms with Crippen LogP contribution in [0.3, 0.4) is 0 Å². The summed E-state index contributed by atoms with van der Waals surface area (Å²) in [7, 11) is 6.70. The SMILES string of the molecule is CCC1CN2CCc3cc(OC)c(OC)cc3C2CC1CC1c2cc(OC)c(OC)cc2CCN1C(=O)C1CCCN1C(=O)C1CCCN1C(=O)CN(CCCl)CCCl. The van der Waals surface area contributed by atoms with Gasteiger partial charge in [-0.2, -0.15) is 0 Å². The molecule has 3 fully saturated rings. The number of halogens is 2. The van der Waals surface area contributed by atoms with Crippen LogP contribution in [0.2, 0.25) is 0 Å². The summed E-state index contributed by atoms with van der Waals surface area (Å²) in [6.07, 6.45) is 7.15. The number of carbonyl (C=O) groups excluding carboxylic acids is 3. The van der Waals surface area contributed by atoms with E-state index in [-0.39, 0.29) is 36.3 Å². The number of fused-ring (bicyclic) bond motifs is 4. The molecule has 0 aromatic heterocycles. The van der Waals surface area contributed by atoms with Gasteiger partial charge in [-0.1, -0.05) is 13.3 Å².